The lowest BCUT2D eigenvalue weighted by molar-refractivity contribution is 0.415. The molecule has 4 aromatic rings. The minimum atomic E-state index is -0.675. The molecule has 0 amide bonds. The number of hydrogen-bond donors (Lipinski definition) is 3. The summed E-state index contributed by atoms with van der Waals surface area (Å²) in [6, 6.07) is 11.7. The van der Waals surface area contributed by atoms with Gasteiger partial charge in [-0.15, -0.1) is 4.68 Å². The van der Waals surface area contributed by atoms with Gasteiger partial charge in [0.05, 0.1) is 24.4 Å². The Morgan fingerprint density at radius 2 is 1.92 bits per heavy atom. The van der Waals surface area contributed by atoms with E-state index in [2.05, 4.69) is 15.1 Å². The molecule has 3 N–H and O–H groups in total. The summed E-state index contributed by atoms with van der Waals surface area (Å²) in [6.45, 7) is 0. The van der Waals surface area contributed by atoms with Gasteiger partial charge in [0, 0.05) is 17.0 Å². The molecule has 0 aliphatic carbocycles. The number of aromatic amines is 2. The van der Waals surface area contributed by atoms with Crippen LogP contribution in [0, 0.1) is 0 Å². The molecule has 0 radical (unpaired) electrons. The minimum Gasteiger partial charge on any atom is -0.507 e. The monoisotopic (exact) mass is 350 g/mol. The molecule has 0 atom stereocenters. The third-order valence-corrected chi connectivity index (χ3v) is 4.09. The number of para-hydroxylation sites is 1. The third kappa shape index (κ3) is 2.44. The van der Waals surface area contributed by atoms with Crippen LogP contribution in [-0.4, -0.2) is 33.1 Å². The number of hydrogen-bond acceptors (Lipinski definition) is 5. The maximum Gasteiger partial charge on any atom is 0.350 e. The van der Waals surface area contributed by atoms with Gasteiger partial charge in [-0.2, -0.15) is 5.10 Å². The molecule has 0 fully saturated rings. The highest BCUT2D eigenvalue weighted by Crippen LogP contribution is 2.24. The molecule has 0 aliphatic heterocycles. The van der Waals surface area contributed by atoms with Gasteiger partial charge < -0.3 is 19.8 Å². The van der Waals surface area contributed by atoms with Gasteiger partial charge in [-0.05, 0) is 24.3 Å². The molecule has 2 heterocycles. The lowest BCUT2D eigenvalue weighted by atomic mass is 10.2. The van der Waals surface area contributed by atoms with Crippen molar-refractivity contribution in [2.24, 2.45) is 5.10 Å². The van der Waals surface area contributed by atoms with Crippen molar-refractivity contribution in [1.29, 1.82) is 0 Å². The van der Waals surface area contributed by atoms with Crippen molar-refractivity contribution in [3.8, 4) is 11.5 Å². The Balaban J connectivity index is 1.91. The Morgan fingerprint density at radius 1 is 1.12 bits per heavy atom. The van der Waals surface area contributed by atoms with Gasteiger partial charge >= 0.3 is 11.2 Å². The smallest absolute Gasteiger partial charge is 0.350 e. The molecule has 4 rings (SSSR count). The van der Waals surface area contributed by atoms with Crippen molar-refractivity contribution >= 4 is 28.2 Å². The van der Waals surface area contributed by atoms with Crippen LogP contribution in [-0.2, 0) is 0 Å². The summed E-state index contributed by atoms with van der Waals surface area (Å²) in [5, 5.41) is 14.4. The normalized spacial score (nSPS) is 11.6. The fraction of sp³-hybridized carbons (Fsp3) is 0.0556. The van der Waals surface area contributed by atoms with Gasteiger partial charge in [0.1, 0.15) is 17.0 Å². The number of phenolic OH excluding ortho intramolecular Hbond substituents is 1. The first-order chi connectivity index (χ1) is 12.6. The van der Waals surface area contributed by atoms with Gasteiger partial charge in [0.25, 0.3) is 0 Å². The van der Waals surface area contributed by atoms with E-state index in [4.69, 9.17) is 4.74 Å². The zero-order valence-electron chi connectivity index (χ0n) is 13.7. The summed E-state index contributed by atoms with van der Waals surface area (Å²) in [4.78, 5) is 30.7. The largest absolute Gasteiger partial charge is 0.507 e. The van der Waals surface area contributed by atoms with Crippen LogP contribution in [0.2, 0.25) is 0 Å². The van der Waals surface area contributed by atoms with Crippen LogP contribution in [0.25, 0.3) is 21.9 Å². The Hall–Kier alpha value is -3.81. The first-order valence-electron chi connectivity index (χ1n) is 7.75. The van der Waals surface area contributed by atoms with E-state index in [1.807, 2.05) is 0 Å². The van der Waals surface area contributed by atoms with Crippen LogP contribution < -0.4 is 16.0 Å². The number of nitrogens with zero attached hydrogens (tertiary/aromatic N) is 2. The number of nitrogens with one attached hydrogen (secondary N) is 2. The van der Waals surface area contributed by atoms with Crippen LogP contribution in [0.1, 0.15) is 5.56 Å². The maximum atomic E-state index is 12.7. The van der Waals surface area contributed by atoms with Crippen LogP contribution in [0.5, 0.6) is 11.5 Å². The van der Waals surface area contributed by atoms with Gasteiger partial charge in [-0.1, -0.05) is 12.1 Å². The van der Waals surface area contributed by atoms with Crippen LogP contribution >= 0.6 is 0 Å². The first-order valence-corrected chi connectivity index (χ1v) is 7.75. The fourth-order valence-electron chi connectivity index (χ4n) is 2.77. The van der Waals surface area contributed by atoms with Gasteiger partial charge in [0.2, 0.25) is 0 Å². The molecule has 0 saturated heterocycles. The highest BCUT2D eigenvalue weighted by Gasteiger charge is 2.13. The van der Waals surface area contributed by atoms with Crippen molar-refractivity contribution in [2.45, 2.75) is 0 Å². The molecule has 2 aromatic heterocycles. The van der Waals surface area contributed by atoms with Gasteiger partial charge in [-0.25, -0.2) is 4.79 Å². The Morgan fingerprint density at radius 3 is 2.69 bits per heavy atom. The number of methoxy groups -OCH3 is 1. The predicted octanol–water partition coefficient (Wildman–Crippen LogP) is 1.77. The first kappa shape index (κ1) is 15.7. The molecule has 8 nitrogen and oxygen atoms in total. The standard InChI is InChI=1S/C18H14N4O4/c1-26-11-6-7-12-13(8-11)20-16-15(12)21-18(25)22(17(16)24)19-9-10-4-2-3-5-14(10)23/h2-9,20,23H,1H3,(H,21,25)/b19-9-. The SMILES string of the molecule is COc1ccc2c(c1)[nH]c1c(=O)n(/N=C\c3ccccc3O)c(=O)[nH]c12. The second-order valence-corrected chi connectivity index (χ2v) is 5.64. The summed E-state index contributed by atoms with van der Waals surface area (Å²) in [7, 11) is 1.55. The molecule has 0 aliphatic rings. The van der Waals surface area contributed by atoms with E-state index < -0.39 is 11.2 Å². The average Bonchev–Trinajstić information content (AvgIpc) is 3.00. The number of ether oxygens (including phenoxy) is 1. The lowest BCUT2D eigenvalue weighted by Gasteiger charge is -1.99. The van der Waals surface area contributed by atoms with Crippen molar-refractivity contribution in [3.05, 3.63) is 68.9 Å². The molecular weight excluding hydrogens is 336 g/mol. The highest BCUT2D eigenvalue weighted by atomic mass is 16.5. The maximum absolute atomic E-state index is 12.7. The van der Waals surface area contributed by atoms with E-state index in [0.29, 0.717) is 32.4 Å². The van der Waals surface area contributed by atoms with E-state index in [1.54, 1.807) is 43.5 Å². The molecule has 0 bridgehead atoms. The zero-order valence-corrected chi connectivity index (χ0v) is 13.7. The predicted molar refractivity (Wildman–Crippen MR) is 98.3 cm³/mol. The van der Waals surface area contributed by atoms with Crippen molar-refractivity contribution in [2.75, 3.05) is 7.11 Å². The Bertz CT molecular complexity index is 1280. The second kappa shape index (κ2) is 5.92. The fourth-order valence-corrected chi connectivity index (χ4v) is 2.77. The van der Waals surface area contributed by atoms with E-state index in [-0.39, 0.29) is 11.3 Å². The molecule has 8 heteroatoms. The number of rotatable bonds is 3. The summed E-state index contributed by atoms with van der Waals surface area (Å²) >= 11 is 0. The van der Waals surface area contributed by atoms with Gasteiger partial charge in [0.15, 0.2) is 0 Å². The number of benzene rings is 2. The van der Waals surface area contributed by atoms with Crippen LogP contribution in [0.15, 0.2) is 57.2 Å². The quantitative estimate of drug-likeness (QED) is 0.489. The van der Waals surface area contributed by atoms with E-state index >= 15 is 0 Å². The number of aromatic nitrogens is 3. The van der Waals surface area contributed by atoms with Crippen molar-refractivity contribution < 1.29 is 9.84 Å². The van der Waals surface area contributed by atoms with Gasteiger partial charge in [-0.3, -0.25) is 4.79 Å². The molecule has 0 saturated carbocycles. The summed E-state index contributed by atoms with van der Waals surface area (Å²) in [5.74, 6) is 0.629. The molecule has 26 heavy (non-hydrogen) atoms. The second-order valence-electron chi connectivity index (χ2n) is 5.64. The molecule has 2 aromatic carbocycles. The number of aromatic hydroxyl groups is 1. The van der Waals surface area contributed by atoms with E-state index in [1.165, 1.54) is 12.3 Å². The highest BCUT2D eigenvalue weighted by molar-refractivity contribution is 6.04. The topological polar surface area (TPSA) is 112 Å². The molecular formula is C18H14N4O4. The van der Waals surface area contributed by atoms with Crippen LogP contribution in [0.4, 0.5) is 0 Å². The van der Waals surface area contributed by atoms with Crippen molar-refractivity contribution in [3.63, 3.8) is 0 Å². The van der Waals surface area contributed by atoms with E-state index in [0.717, 1.165) is 0 Å². The van der Waals surface area contributed by atoms with E-state index in [9.17, 15) is 14.7 Å². The Kier molecular flexibility index (Phi) is 3.58. The third-order valence-electron chi connectivity index (χ3n) is 4.09. The molecule has 0 spiro atoms. The van der Waals surface area contributed by atoms with Crippen LogP contribution in [0.3, 0.4) is 0 Å². The summed E-state index contributed by atoms with van der Waals surface area (Å²) < 4.78 is 5.88. The number of fused-ring (bicyclic) bond motifs is 3. The lowest BCUT2D eigenvalue weighted by Crippen LogP contribution is -2.32. The average molecular weight is 350 g/mol. The van der Waals surface area contributed by atoms with Crippen molar-refractivity contribution in [1.82, 2.24) is 14.6 Å². The molecule has 130 valence electrons. The molecule has 0 unspecified atom stereocenters. The zero-order chi connectivity index (χ0) is 18.3. The Labute approximate surface area is 146 Å². The number of H-pyrrole nitrogens is 2. The number of phenols is 1. The summed E-state index contributed by atoms with van der Waals surface area (Å²) in [6.07, 6.45) is 1.25. The summed E-state index contributed by atoms with van der Waals surface area (Å²) in [5.41, 5.74) is 0.417. The minimum absolute atomic E-state index is 0.000451.